The van der Waals surface area contributed by atoms with Crippen LogP contribution in [0.5, 0.6) is 0 Å². The third kappa shape index (κ3) is 2.12. The molecule has 0 bridgehead atoms. The van der Waals surface area contributed by atoms with Gasteiger partial charge in [-0.15, -0.1) is 0 Å². The van der Waals surface area contributed by atoms with Gasteiger partial charge in [0, 0.05) is 12.8 Å². The maximum Gasteiger partial charge on any atom is 0.243 e. The quantitative estimate of drug-likeness (QED) is 0.850. The monoisotopic (exact) mass is 254 g/mol. The van der Waals surface area contributed by atoms with Crippen LogP contribution in [0.4, 0.5) is 11.4 Å². The predicted octanol–water partition coefficient (Wildman–Crippen LogP) is 0.869. The number of amides is 1. The van der Waals surface area contributed by atoms with Crippen molar-refractivity contribution in [3.8, 4) is 0 Å². The molecular weight excluding hydrogens is 240 g/mol. The average molecular weight is 254 g/mol. The van der Waals surface area contributed by atoms with Crippen LogP contribution in [0.1, 0.15) is 6.92 Å². The molecule has 0 atom stereocenters. The summed E-state index contributed by atoms with van der Waals surface area (Å²) in [5, 5.41) is 2.64. The van der Waals surface area contributed by atoms with Gasteiger partial charge in [0.15, 0.2) is 9.84 Å². The summed E-state index contributed by atoms with van der Waals surface area (Å²) < 4.78 is 23.3. The number of carbonyl (C=O) groups excluding carboxylic acids is 1. The van der Waals surface area contributed by atoms with Gasteiger partial charge in [-0.3, -0.25) is 4.79 Å². The van der Waals surface area contributed by atoms with Crippen molar-refractivity contribution >= 4 is 27.1 Å². The molecule has 1 aliphatic heterocycles. The van der Waals surface area contributed by atoms with Crippen molar-refractivity contribution in [1.82, 2.24) is 0 Å². The molecular formula is C11H14N2O3S. The Hall–Kier alpha value is -1.56. The minimum atomic E-state index is -3.34. The van der Waals surface area contributed by atoms with Gasteiger partial charge in [0.2, 0.25) is 5.91 Å². The summed E-state index contributed by atoms with van der Waals surface area (Å²) in [5.41, 5.74) is 1.16. The second kappa shape index (κ2) is 4.03. The summed E-state index contributed by atoms with van der Waals surface area (Å²) >= 11 is 0. The fourth-order valence-corrected chi connectivity index (χ4v) is 2.79. The van der Waals surface area contributed by atoms with E-state index in [1.54, 1.807) is 6.07 Å². The average Bonchev–Trinajstić information content (AvgIpc) is 2.25. The predicted molar refractivity (Wildman–Crippen MR) is 66.1 cm³/mol. The molecule has 1 amide bonds. The highest BCUT2D eigenvalue weighted by atomic mass is 32.2. The standard InChI is InChI=1S/C11H14N2O3S/c1-3-13-7-10(14)12-11-8(13)5-4-6-9(11)17(2,15)16/h4-6H,3,7H2,1-2H3,(H,12,14). The summed E-state index contributed by atoms with van der Waals surface area (Å²) in [6.45, 7) is 2.85. The molecule has 1 N–H and O–H groups in total. The van der Waals surface area contributed by atoms with Gasteiger partial charge in [-0.1, -0.05) is 6.07 Å². The van der Waals surface area contributed by atoms with E-state index in [4.69, 9.17) is 0 Å². The van der Waals surface area contributed by atoms with E-state index in [9.17, 15) is 13.2 Å². The Labute approximate surface area is 100 Å². The molecule has 0 radical (unpaired) electrons. The van der Waals surface area contributed by atoms with Crippen LogP contribution >= 0.6 is 0 Å². The molecule has 5 nitrogen and oxygen atoms in total. The lowest BCUT2D eigenvalue weighted by atomic mass is 10.2. The van der Waals surface area contributed by atoms with Crippen LogP contribution in [-0.2, 0) is 14.6 Å². The number of nitrogens with one attached hydrogen (secondary N) is 1. The zero-order chi connectivity index (χ0) is 12.6. The molecule has 0 aromatic heterocycles. The first kappa shape index (κ1) is 11.9. The third-order valence-corrected chi connectivity index (χ3v) is 3.86. The van der Waals surface area contributed by atoms with E-state index < -0.39 is 9.84 Å². The Balaban J connectivity index is 2.65. The Bertz CT molecular complexity index is 566. The van der Waals surface area contributed by atoms with E-state index >= 15 is 0 Å². The van der Waals surface area contributed by atoms with E-state index in [1.807, 2.05) is 17.9 Å². The van der Waals surface area contributed by atoms with Crippen LogP contribution in [0.25, 0.3) is 0 Å². The number of fused-ring (bicyclic) bond motifs is 1. The molecule has 1 aromatic carbocycles. The van der Waals surface area contributed by atoms with Crippen molar-refractivity contribution in [2.75, 3.05) is 29.6 Å². The van der Waals surface area contributed by atoms with E-state index in [0.717, 1.165) is 11.9 Å². The van der Waals surface area contributed by atoms with Crippen molar-refractivity contribution in [3.05, 3.63) is 18.2 Å². The molecule has 0 fully saturated rings. The highest BCUT2D eigenvalue weighted by molar-refractivity contribution is 7.90. The molecule has 0 saturated heterocycles. The number of nitrogens with zero attached hydrogens (tertiary/aromatic N) is 1. The van der Waals surface area contributed by atoms with E-state index in [2.05, 4.69) is 5.32 Å². The van der Waals surface area contributed by atoms with Gasteiger partial charge >= 0.3 is 0 Å². The molecule has 1 aromatic rings. The van der Waals surface area contributed by atoms with Crippen LogP contribution in [-0.4, -0.2) is 33.7 Å². The van der Waals surface area contributed by atoms with Crippen molar-refractivity contribution < 1.29 is 13.2 Å². The maximum absolute atomic E-state index is 11.6. The van der Waals surface area contributed by atoms with Gasteiger partial charge < -0.3 is 10.2 Å². The molecule has 0 aliphatic carbocycles. The number of carbonyl (C=O) groups is 1. The lowest BCUT2D eigenvalue weighted by molar-refractivity contribution is -0.115. The molecule has 1 aliphatic rings. The number of hydrogen-bond donors (Lipinski definition) is 1. The minimum Gasteiger partial charge on any atom is -0.361 e. The molecule has 0 unspecified atom stereocenters. The molecule has 0 saturated carbocycles. The maximum atomic E-state index is 11.6. The van der Waals surface area contributed by atoms with Crippen molar-refractivity contribution in [2.24, 2.45) is 0 Å². The number of sulfone groups is 1. The lowest BCUT2D eigenvalue weighted by Gasteiger charge is -2.30. The Kier molecular flexibility index (Phi) is 2.82. The van der Waals surface area contributed by atoms with E-state index in [1.165, 1.54) is 6.07 Å². The van der Waals surface area contributed by atoms with Gasteiger partial charge in [-0.05, 0) is 19.1 Å². The normalized spacial score (nSPS) is 15.4. The second-order valence-electron chi connectivity index (χ2n) is 3.98. The zero-order valence-corrected chi connectivity index (χ0v) is 10.5. The number of likely N-dealkylation sites (N-methyl/N-ethyl adjacent to an activating group) is 1. The molecule has 2 rings (SSSR count). The lowest BCUT2D eigenvalue weighted by Crippen LogP contribution is -2.38. The highest BCUT2D eigenvalue weighted by Crippen LogP contribution is 2.34. The molecule has 0 spiro atoms. The zero-order valence-electron chi connectivity index (χ0n) is 9.73. The Morgan fingerprint density at radius 2 is 2.12 bits per heavy atom. The Morgan fingerprint density at radius 3 is 2.71 bits per heavy atom. The summed E-state index contributed by atoms with van der Waals surface area (Å²) in [4.78, 5) is 13.5. The first-order chi connectivity index (χ1) is 7.93. The first-order valence-electron chi connectivity index (χ1n) is 5.31. The fraction of sp³-hybridized carbons (Fsp3) is 0.364. The van der Waals surface area contributed by atoms with E-state index in [0.29, 0.717) is 12.2 Å². The van der Waals surface area contributed by atoms with Gasteiger partial charge in [-0.2, -0.15) is 0 Å². The summed E-state index contributed by atoms with van der Waals surface area (Å²) in [6, 6.07) is 5.01. The summed E-state index contributed by atoms with van der Waals surface area (Å²) in [5.74, 6) is -0.185. The number of anilines is 2. The van der Waals surface area contributed by atoms with Crippen LogP contribution in [0.15, 0.2) is 23.1 Å². The molecule has 1 heterocycles. The minimum absolute atomic E-state index is 0.168. The third-order valence-electron chi connectivity index (χ3n) is 2.73. The Morgan fingerprint density at radius 1 is 1.41 bits per heavy atom. The number of benzene rings is 1. The molecule has 6 heteroatoms. The summed E-state index contributed by atoms with van der Waals surface area (Å²) in [6.07, 6.45) is 1.14. The number of hydrogen-bond acceptors (Lipinski definition) is 4. The first-order valence-corrected chi connectivity index (χ1v) is 7.20. The van der Waals surface area contributed by atoms with Crippen molar-refractivity contribution in [2.45, 2.75) is 11.8 Å². The van der Waals surface area contributed by atoms with Gasteiger partial charge in [0.25, 0.3) is 0 Å². The van der Waals surface area contributed by atoms with Crippen LogP contribution in [0.2, 0.25) is 0 Å². The van der Waals surface area contributed by atoms with Gasteiger partial charge in [0.05, 0.1) is 22.8 Å². The van der Waals surface area contributed by atoms with Gasteiger partial charge in [0.1, 0.15) is 0 Å². The topological polar surface area (TPSA) is 66.5 Å². The molecule has 92 valence electrons. The van der Waals surface area contributed by atoms with Crippen LogP contribution < -0.4 is 10.2 Å². The smallest absolute Gasteiger partial charge is 0.243 e. The second-order valence-corrected chi connectivity index (χ2v) is 5.97. The van der Waals surface area contributed by atoms with Crippen molar-refractivity contribution in [1.29, 1.82) is 0 Å². The van der Waals surface area contributed by atoms with Crippen LogP contribution in [0, 0.1) is 0 Å². The highest BCUT2D eigenvalue weighted by Gasteiger charge is 2.26. The largest absolute Gasteiger partial charge is 0.361 e. The number of rotatable bonds is 2. The number of para-hydroxylation sites is 1. The molecule has 17 heavy (non-hydrogen) atoms. The fourth-order valence-electron chi connectivity index (χ4n) is 1.94. The van der Waals surface area contributed by atoms with Gasteiger partial charge in [-0.25, -0.2) is 8.42 Å². The summed E-state index contributed by atoms with van der Waals surface area (Å²) in [7, 11) is -3.34. The SMILES string of the molecule is CCN1CC(=O)Nc2c1cccc2S(C)(=O)=O. The van der Waals surface area contributed by atoms with Crippen molar-refractivity contribution in [3.63, 3.8) is 0 Å². The van der Waals surface area contributed by atoms with Crippen LogP contribution in [0.3, 0.4) is 0 Å². The van der Waals surface area contributed by atoms with E-state index in [-0.39, 0.29) is 17.3 Å².